The number of amides is 3. The number of aromatic amines is 1. The van der Waals surface area contributed by atoms with Gasteiger partial charge in [0.2, 0.25) is 11.8 Å². The summed E-state index contributed by atoms with van der Waals surface area (Å²) in [5.74, 6) is 0.0775. The summed E-state index contributed by atoms with van der Waals surface area (Å²) in [5.41, 5.74) is 4.19. The van der Waals surface area contributed by atoms with Crippen molar-refractivity contribution in [3.63, 3.8) is 0 Å². The van der Waals surface area contributed by atoms with Crippen LogP contribution in [0.1, 0.15) is 16.9 Å². The summed E-state index contributed by atoms with van der Waals surface area (Å²) in [4.78, 5) is 58.1. The first kappa shape index (κ1) is 30.0. The molecule has 2 aliphatic heterocycles. The summed E-state index contributed by atoms with van der Waals surface area (Å²) < 4.78 is 0. The van der Waals surface area contributed by atoms with Crippen molar-refractivity contribution in [3.05, 3.63) is 91.1 Å². The third kappa shape index (κ3) is 6.79. The van der Waals surface area contributed by atoms with E-state index >= 15 is 0 Å². The first-order valence-corrected chi connectivity index (χ1v) is 15.6. The van der Waals surface area contributed by atoms with E-state index in [0.29, 0.717) is 67.2 Å². The molecule has 2 fully saturated rings. The number of likely N-dealkylation sites (tertiary alicyclic amines) is 1. The highest BCUT2D eigenvalue weighted by Gasteiger charge is 2.31. The van der Waals surface area contributed by atoms with Crippen LogP contribution in [0.4, 0.5) is 17.1 Å². The maximum absolute atomic E-state index is 13.2. The molecule has 47 heavy (non-hydrogen) atoms. The van der Waals surface area contributed by atoms with Crippen molar-refractivity contribution < 1.29 is 14.4 Å². The number of benzene rings is 2. The molecular weight excluding hydrogens is 596 g/mol. The predicted molar refractivity (Wildman–Crippen MR) is 178 cm³/mol. The van der Waals surface area contributed by atoms with Crippen LogP contribution in [0.2, 0.25) is 0 Å². The zero-order valence-electron chi connectivity index (χ0n) is 25.7. The Morgan fingerprint density at radius 3 is 2.36 bits per heavy atom. The highest BCUT2D eigenvalue weighted by molar-refractivity contribution is 6.11. The van der Waals surface area contributed by atoms with Crippen molar-refractivity contribution in [2.75, 3.05) is 61.3 Å². The number of nitrogens with zero attached hydrogens (tertiary/aromatic N) is 7. The SMILES string of the molecule is O=C(Nc1ccncc1)c1n[nH]c2ccc(NC(=O)[C@@H]3CCN(CC(=O)N4CCN(c5ccc(-c6ncccn6)cc5)CC4)C3)cc12. The lowest BCUT2D eigenvalue weighted by Gasteiger charge is -2.36. The molecule has 5 heterocycles. The van der Waals surface area contributed by atoms with E-state index in [1.165, 1.54) is 0 Å². The molecule has 13 nitrogen and oxygen atoms in total. The van der Waals surface area contributed by atoms with Gasteiger partial charge in [-0.25, -0.2) is 9.97 Å². The molecule has 13 heteroatoms. The second-order valence-electron chi connectivity index (χ2n) is 11.7. The fraction of sp³-hybridized carbons (Fsp3) is 0.265. The maximum atomic E-state index is 13.2. The molecule has 5 aromatic rings. The van der Waals surface area contributed by atoms with E-state index in [0.717, 1.165) is 24.3 Å². The van der Waals surface area contributed by atoms with E-state index in [-0.39, 0.29) is 29.3 Å². The lowest BCUT2D eigenvalue weighted by atomic mass is 10.1. The minimum absolute atomic E-state index is 0.0882. The Labute approximate surface area is 271 Å². The van der Waals surface area contributed by atoms with Gasteiger partial charge in [0, 0.05) is 85.5 Å². The second-order valence-corrected chi connectivity index (χ2v) is 11.7. The van der Waals surface area contributed by atoms with Crippen LogP contribution in [-0.4, -0.2) is 98.5 Å². The van der Waals surface area contributed by atoms with E-state index in [2.05, 4.69) is 57.7 Å². The molecular formula is C34H34N10O3. The number of carbonyl (C=O) groups is 3. The average Bonchev–Trinajstić information content (AvgIpc) is 3.77. The first-order valence-electron chi connectivity index (χ1n) is 15.6. The third-order valence-corrected chi connectivity index (χ3v) is 8.67. The number of anilines is 3. The molecule has 1 atom stereocenters. The zero-order valence-corrected chi connectivity index (χ0v) is 25.7. The number of H-pyrrole nitrogens is 1. The van der Waals surface area contributed by atoms with E-state index in [4.69, 9.17) is 0 Å². The molecule has 238 valence electrons. The van der Waals surface area contributed by atoms with Crippen molar-refractivity contribution in [2.45, 2.75) is 6.42 Å². The molecule has 2 aliphatic rings. The summed E-state index contributed by atoms with van der Waals surface area (Å²) in [7, 11) is 0. The molecule has 7 rings (SSSR count). The van der Waals surface area contributed by atoms with Crippen molar-refractivity contribution in [2.24, 2.45) is 5.92 Å². The lowest BCUT2D eigenvalue weighted by Crippen LogP contribution is -2.51. The van der Waals surface area contributed by atoms with Crippen LogP contribution in [-0.2, 0) is 9.59 Å². The van der Waals surface area contributed by atoms with Gasteiger partial charge in [0.25, 0.3) is 5.91 Å². The van der Waals surface area contributed by atoms with E-state index in [9.17, 15) is 14.4 Å². The molecule has 0 spiro atoms. The first-order chi connectivity index (χ1) is 23.0. The minimum atomic E-state index is -0.364. The zero-order chi connectivity index (χ0) is 32.2. The van der Waals surface area contributed by atoms with Crippen molar-refractivity contribution in [1.82, 2.24) is 34.9 Å². The van der Waals surface area contributed by atoms with Crippen LogP contribution in [0.3, 0.4) is 0 Å². The summed E-state index contributed by atoms with van der Waals surface area (Å²) >= 11 is 0. The number of aromatic nitrogens is 5. The maximum Gasteiger partial charge on any atom is 0.276 e. The van der Waals surface area contributed by atoms with Crippen molar-refractivity contribution in [1.29, 1.82) is 0 Å². The Morgan fingerprint density at radius 2 is 1.60 bits per heavy atom. The molecule has 0 saturated carbocycles. The largest absolute Gasteiger partial charge is 0.368 e. The number of piperazine rings is 1. The number of hydrogen-bond acceptors (Lipinski definition) is 9. The van der Waals surface area contributed by atoms with Gasteiger partial charge in [-0.05, 0) is 73.6 Å². The molecule has 2 aromatic carbocycles. The summed E-state index contributed by atoms with van der Waals surface area (Å²) in [5, 5.41) is 13.5. The quantitative estimate of drug-likeness (QED) is 0.235. The smallest absolute Gasteiger partial charge is 0.276 e. The summed E-state index contributed by atoms with van der Waals surface area (Å²) in [6.45, 7) is 4.31. The molecule has 0 aliphatic carbocycles. The van der Waals surface area contributed by atoms with Gasteiger partial charge in [-0.1, -0.05) is 0 Å². The Hall–Kier alpha value is -5.69. The minimum Gasteiger partial charge on any atom is -0.368 e. The van der Waals surface area contributed by atoms with Gasteiger partial charge in [0.1, 0.15) is 0 Å². The number of pyridine rings is 1. The van der Waals surface area contributed by atoms with Crippen molar-refractivity contribution in [3.8, 4) is 11.4 Å². The van der Waals surface area contributed by atoms with Gasteiger partial charge in [-0.3, -0.25) is 29.4 Å². The van der Waals surface area contributed by atoms with Crippen LogP contribution in [0.15, 0.2) is 85.5 Å². The van der Waals surface area contributed by atoms with E-state index in [1.54, 1.807) is 61.2 Å². The van der Waals surface area contributed by atoms with Gasteiger partial charge in [-0.15, -0.1) is 0 Å². The van der Waals surface area contributed by atoms with Crippen LogP contribution in [0, 0.1) is 5.92 Å². The van der Waals surface area contributed by atoms with E-state index < -0.39 is 0 Å². The van der Waals surface area contributed by atoms with E-state index in [1.807, 2.05) is 17.0 Å². The number of fused-ring (bicyclic) bond motifs is 1. The topological polar surface area (TPSA) is 152 Å². The van der Waals surface area contributed by atoms with Crippen LogP contribution < -0.4 is 15.5 Å². The number of carbonyl (C=O) groups excluding carboxylic acids is 3. The summed E-state index contributed by atoms with van der Waals surface area (Å²) in [6, 6.07) is 18.7. The molecule has 0 radical (unpaired) electrons. The number of rotatable bonds is 8. The Balaban J connectivity index is 0.889. The summed E-state index contributed by atoms with van der Waals surface area (Å²) in [6.07, 6.45) is 7.33. The van der Waals surface area contributed by atoms with Crippen molar-refractivity contribution >= 4 is 45.7 Å². The molecule has 3 aromatic heterocycles. The van der Waals surface area contributed by atoms with Crippen LogP contribution >= 0.6 is 0 Å². The van der Waals surface area contributed by atoms with Crippen LogP contribution in [0.5, 0.6) is 0 Å². The number of hydrogen-bond donors (Lipinski definition) is 3. The highest BCUT2D eigenvalue weighted by atomic mass is 16.2. The molecule has 3 N–H and O–H groups in total. The Bertz CT molecular complexity index is 1870. The lowest BCUT2D eigenvalue weighted by molar-refractivity contribution is -0.132. The Morgan fingerprint density at radius 1 is 0.830 bits per heavy atom. The average molecular weight is 631 g/mol. The van der Waals surface area contributed by atoms with Gasteiger partial charge >= 0.3 is 0 Å². The monoisotopic (exact) mass is 630 g/mol. The molecule has 0 bridgehead atoms. The van der Waals surface area contributed by atoms with Gasteiger partial charge in [-0.2, -0.15) is 5.10 Å². The van der Waals surface area contributed by atoms with Gasteiger partial charge in [0.05, 0.1) is 18.0 Å². The fourth-order valence-corrected chi connectivity index (χ4v) is 6.10. The predicted octanol–water partition coefficient (Wildman–Crippen LogP) is 3.28. The molecule has 0 unspecified atom stereocenters. The second kappa shape index (κ2) is 13.3. The van der Waals surface area contributed by atoms with Gasteiger partial charge < -0.3 is 20.4 Å². The third-order valence-electron chi connectivity index (χ3n) is 8.67. The fourth-order valence-electron chi connectivity index (χ4n) is 6.10. The standard InChI is InChI=1S/C34H34N10O3/c45-30(44-18-16-43(17-19-44)27-5-2-23(3-6-27)32-36-11-1-12-37-32)22-42-15-10-24(21-42)33(46)39-26-4-7-29-28(20-26)31(41-40-29)34(47)38-25-8-13-35-14-9-25/h1-9,11-14,20,24H,10,15-19,21-22H2,(H,39,46)(H,40,41)(H,35,38,47)/t24-/m1/s1. The normalized spacial score (nSPS) is 16.7. The number of nitrogens with one attached hydrogen (secondary N) is 3. The molecule has 3 amide bonds. The van der Waals surface area contributed by atoms with Crippen LogP contribution in [0.25, 0.3) is 22.3 Å². The van der Waals surface area contributed by atoms with Gasteiger partial charge in [0.15, 0.2) is 11.5 Å². The Kier molecular flexibility index (Phi) is 8.52. The highest BCUT2D eigenvalue weighted by Crippen LogP contribution is 2.25. The molecule has 2 saturated heterocycles.